The van der Waals surface area contributed by atoms with Gasteiger partial charge >= 0.3 is 0 Å². The lowest BCUT2D eigenvalue weighted by atomic mass is 9.96. The quantitative estimate of drug-likeness (QED) is 0.824. The van der Waals surface area contributed by atoms with Gasteiger partial charge in [-0.1, -0.05) is 55.9 Å². The second-order valence-electron chi connectivity index (χ2n) is 5.07. The molecule has 2 aromatic rings. The highest BCUT2D eigenvalue weighted by molar-refractivity contribution is 7.99. The molecule has 1 unspecified atom stereocenters. The Morgan fingerprint density at radius 3 is 2.62 bits per heavy atom. The van der Waals surface area contributed by atoms with Gasteiger partial charge in [0.05, 0.1) is 11.8 Å². The molecule has 0 spiro atoms. The first kappa shape index (κ1) is 15.5. The van der Waals surface area contributed by atoms with Crippen LogP contribution in [0.5, 0.6) is 0 Å². The highest BCUT2D eigenvalue weighted by Crippen LogP contribution is 2.22. The summed E-state index contributed by atoms with van der Waals surface area (Å²) in [6, 6.07) is 10.0. The van der Waals surface area contributed by atoms with Gasteiger partial charge in [0, 0.05) is 7.05 Å². The average molecular weight is 305 g/mol. The molecule has 2 rings (SSSR count). The van der Waals surface area contributed by atoms with Gasteiger partial charge in [0.2, 0.25) is 11.1 Å². The van der Waals surface area contributed by atoms with Crippen LogP contribution in [0.2, 0.25) is 0 Å². The predicted octanol–water partition coefficient (Wildman–Crippen LogP) is 1.82. The van der Waals surface area contributed by atoms with Crippen LogP contribution in [0.1, 0.15) is 25.5 Å². The topological polar surface area (TPSA) is 72.7 Å². The zero-order valence-electron chi connectivity index (χ0n) is 12.4. The maximum Gasteiger partial charge on any atom is 0.230 e. The molecule has 0 radical (unpaired) electrons. The lowest BCUT2D eigenvalue weighted by Gasteiger charge is -2.22. The molecule has 1 amide bonds. The molecule has 0 saturated carbocycles. The molecular weight excluding hydrogens is 286 g/mol. The number of carbonyl (C=O) groups is 1. The van der Waals surface area contributed by atoms with Crippen molar-refractivity contribution in [2.24, 2.45) is 13.0 Å². The smallest absolute Gasteiger partial charge is 0.230 e. The molecule has 1 N–H and O–H groups in total. The Hall–Kier alpha value is -1.89. The molecule has 1 heterocycles. The molecule has 0 aliphatic rings. The van der Waals surface area contributed by atoms with Gasteiger partial charge in [0.1, 0.15) is 0 Å². The Morgan fingerprint density at radius 1 is 1.33 bits per heavy atom. The molecule has 0 aliphatic carbocycles. The van der Waals surface area contributed by atoms with E-state index in [-0.39, 0.29) is 11.9 Å². The number of nitrogens with one attached hydrogen (secondary N) is 1. The van der Waals surface area contributed by atoms with Gasteiger partial charge in [-0.3, -0.25) is 4.79 Å². The molecule has 0 saturated heterocycles. The normalized spacial score (nSPS) is 12.4. The van der Waals surface area contributed by atoms with E-state index in [0.29, 0.717) is 16.8 Å². The number of nitrogens with zero attached hydrogens (tertiary/aromatic N) is 4. The molecule has 6 nitrogen and oxygen atoms in total. The van der Waals surface area contributed by atoms with Crippen molar-refractivity contribution in [3.8, 4) is 0 Å². The van der Waals surface area contributed by atoms with Gasteiger partial charge in [0.15, 0.2) is 0 Å². The fourth-order valence-electron chi connectivity index (χ4n) is 1.98. The molecule has 7 heteroatoms. The van der Waals surface area contributed by atoms with E-state index < -0.39 is 0 Å². The molecule has 0 fully saturated rings. The number of benzene rings is 1. The number of tetrazole rings is 1. The summed E-state index contributed by atoms with van der Waals surface area (Å²) in [7, 11) is 1.75. The Labute approximate surface area is 128 Å². The lowest BCUT2D eigenvalue weighted by molar-refractivity contribution is -0.119. The van der Waals surface area contributed by atoms with Gasteiger partial charge in [-0.15, -0.1) is 5.10 Å². The van der Waals surface area contributed by atoms with Crippen LogP contribution < -0.4 is 5.32 Å². The first-order chi connectivity index (χ1) is 10.1. The average Bonchev–Trinajstić information content (AvgIpc) is 2.88. The van der Waals surface area contributed by atoms with Crippen molar-refractivity contribution >= 4 is 17.7 Å². The summed E-state index contributed by atoms with van der Waals surface area (Å²) in [6.07, 6.45) is 0. The Balaban J connectivity index is 1.94. The first-order valence-corrected chi connectivity index (χ1v) is 7.76. The van der Waals surface area contributed by atoms with Crippen LogP contribution >= 0.6 is 11.8 Å². The van der Waals surface area contributed by atoms with Gasteiger partial charge in [-0.2, -0.15) is 0 Å². The van der Waals surface area contributed by atoms with Crippen LogP contribution in [-0.2, 0) is 11.8 Å². The largest absolute Gasteiger partial charge is 0.348 e. The van der Waals surface area contributed by atoms with E-state index >= 15 is 0 Å². The fraction of sp³-hybridized carbons (Fsp3) is 0.429. The third-order valence-corrected chi connectivity index (χ3v) is 4.07. The minimum absolute atomic E-state index is 0.0110. The Morgan fingerprint density at radius 2 is 2.05 bits per heavy atom. The summed E-state index contributed by atoms with van der Waals surface area (Å²) in [5.74, 6) is 0.591. The van der Waals surface area contributed by atoms with Crippen molar-refractivity contribution < 1.29 is 4.79 Å². The molecule has 21 heavy (non-hydrogen) atoms. The zero-order valence-corrected chi connectivity index (χ0v) is 13.2. The maximum absolute atomic E-state index is 12.1. The first-order valence-electron chi connectivity index (χ1n) is 6.77. The number of amides is 1. The minimum atomic E-state index is -0.0226. The third kappa shape index (κ3) is 4.29. The molecule has 1 aromatic heterocycles. The Bertz CT molecular complexity index is 584. The highest BCUT2D eigenvalue weighted by atomic mass is 32.2. The SMILES string of the molecule is CC(C)C(NC(=O)CSc1nnnn1C)c1ccccc1. The van der Waals surface area contributed by atoms with Gasteiger partial charge in [-0.25, -0.2) is 4.68 Å². The molecule has 1 atom stereocenters. The minimum Gasteiger partial charge on any atom is -0.348 e. The van der Waals surface area contributed by atoms with E-state index in [2.05, 4.69) is 34.7 Å². The van der Waals surface area contributed by atoms with Crippen LogP contribution in [0.15, 0.2) is 35.5 Å². The standard InChI is InChI=1S/C14H19N5OS/c1-10(2)13(11-7-5-4-6-8-11)15-12(20)9-21-14-16-17-18-19(14)3/h4-8,10,13H,9H2,1-3H3,(H,15,20). The molecule has 0 bridgehead atoms. The summed E-state index contributed by atoms with van der Waals surface area (Å²) in [5.41, 5.74) is 1.12. The monoisotopic (exact) mass is 305 g/mol. The molecule has 0 aliphatic heterocycles. The van der Waals surface area contributed by atoms with Crippen molar-refractivity contribution in [1.82, 2.24) is 25.5 Å². The van der Waals surface area contributed by atoms with E-state index in [4.69, 9.17) is 0 Å². The van der Waals surface area contributed by atoms with Crippen LogP contribution in [0, 0.1) is 5.92 Å². The van der Waals surface area contributed by atoms with Crippen LogP contribution in [-0.4, -0.2) is 31.9 Å². The predicted molar refractivity (Wildman–Crippen MR) is 81.7 cm³/mol. The van der Waals surface area contributed by atoms with E-state index in [9.17, 15) is 4.79 Å². The fourth-order valence-corrected chi connectivity index (χ4v) is 2.65. The summed E-state index contributed by atoms with van der Waals surface area (Å²) in [4.78, 5) is 12.1. The number of hydrogen-bond acceptors (Lipinski definition) is 5. The van der Waals surface area contributed by atoms with Gasteiger partial charge in [-0.05, 0) is 21.9 Å². The van der Waals surface area contributed by atoms with Crippen molar-refractivity contribution in [2.45, 2.75) is 25.0 Å². The van der Waals surface area contributed by atoms with E-state index in [1.165, 1.54) is 11.8 Å². The number of rotatable bonds is 6. The Kier molecular flexibility index (Phi) is 5.32. The van der Waals surface area contributed by atoms with Crippen LogP contribution in [0.3, 0.4) is 0 Å². The second-order valence-corrected chi connectivity index (χ2v) is 6.02. The summed E-state index contributed by atoms with van der Waals surface area (Å²) < 4.78 is 1.55. The van der Waals surface area contributed by atoms with Crippen molar-refractivity contribution in [3.05, 3.63) is 35.9 Å². The van der Waals surface area contributed by atoms with E-state index in [1.807, 2.05) is 30.3 Å². The summed E-state index contributed by atoms with van der Waals surface area (Å²) in [5, 5.41) is 14.8. The maximum atomic E-state index is 12.1. The van der Waals surface area contributed by atoms with Gasteiger partial charge < -0.3 is 5.32 Å². The van der Waals surface area contributed by atoms with Crippen molar-refractivity contribution in [1.29, 1.82) is 0 Å². The molecule has 1 aromatic carbocycles. The number of thioether (sulfide) groups is 1. The second kappa shape index (κ2) is 7.21. The lowest BCUT2D eigenvalue weighted by Crippen LogP contribution is -2.33. The van der Waals surface area contributed by atoms with Crippen LogP contribution in [0.4, 0.5) is 0 Å². The van der Waals surface area contributed by atoms with Crippen LogP contribution in [0.25, 0.3) is 0 Å². The zero-order chi connectivity index (χ0) is 15.2. The number of aromatic nitrogens is 4. The number of carbonyl (C=O) groups excluding carboxylic acids is 1. The third-order valence-electron chi connectivity index (χ3n) is 3.06. The van der Waals surface area contributed by atoms with E-state index in [0.717, 1.165) is 5.56 Å². The highest BCUT2D eigenvalue weighted by Gasteiger charge is 2.18. The number of hydrogen-bond donors (Lipinski definition) is 1. The summed E-state index contributed by atoms with van der Waals surface area (Å²) >= 11 is 1.33. The van der Waals surface area contributed by atoms with Gasteiger partial charge in [0.25, 0.3) is 0 Å². The molecule has 112 valence electrons. The number of aryl methyl sites for hydroxylation is 1. The summed E-state index contributed by atoms with van der Waals surface area (Å²) in [6.45, 7) is 4.19. The van der Waals surface area contributed by atoms with E-state index in [1.54, 1.807) is 11.7 Å². The molecular formula is C14H19N5OS. The van der Waals surface area contributed by atoms with Crippen molar-refractivity contribution in [3.63, 3.8) is 0 Å². The van der Waals surface area contributed by atoms with Crippen molar-refractivity contribution in [2.75, 3.05) is 5.75 Å².